The topological polar surface area (TPSA) is 35.5 Å². The quantitative estimate of drug-likeness (QED) is 0.725. The number of carbonyl (C=O) groups excluding carboxylic acids is 1. The van der Waals surface area contributed by atoms with Crippen LogP contribution in [-0.4, -0.2) is 19.7 Å². The van der Waals surface area contributed by atoms with Gasteiger partial charge >= 0.3 is 5.97 Å². The van der Waals surface area contributed by atoms with E-state index in [-0.39, 0.29) is 11.9 Å². The van der Waals surface area contributed by atoms with Crippen LogP contribution in [0.25, 0.3) is 6.08 Å². The van der Waals surface area contributed by atoms with Crippen LogP contribution in [0, 0.1) is 5.92 Å². The second-order valence-corrected chi connectivity index (χ2v) is 4.12. The zero-order valence-corrected chi connectivity index (χ0v) is 11.2. The van der Waals surface area contributed by atoms with Gasteiger partial charge in [-0.2, -0.15) is 0 Å². The molecule has 1 aromatic carbocycles. The van der Waals surface area contributed by atoms with Crippen molar-refractivity contribution in [3.8, 4) is 5.75 Å². The maximum atomic E-state index is 11.3. The maximum Gasteiger partial charge on any atom is 0.306 e. The molecule has 0 aliphatic rings. The lowest BCUT2D eigenvalue weighted by Gasteiger charge is -2.05. The molecule has 0 heterocycles. The number of hydrogen-bond acceptors (Lipinski definition) is 3. The molecule has 1 unspecified atom stereocenters. The first-order valence-corrected chi connectivity index (χ1v) is 6.13. The van der Waals surface area contributed by atoms with Gasteiger partial charge in [0.25, 0.3) is 0 Å². The highest BCUT2D eigenvalue weighted by molar-refractivity contribution is 5.70. The van der Waals surface area contributed by atoms with Gasteiger partial charge in [0.15, 0.2) is 0 Å². The predicted molar refractivity (Wildman–Crippen MR) is 72.4 cm³/mol. The van der Waals surface area contributed by atoms with Crippen LogP contribution < -0.4 is 4.74 Å². The molecule has 1 rings (SSSR count). The van der Waals surface area contributed by atoms with Gasteiger partial charge in [-0.1, -0.05) is 31.2 Å². The van der Waals surface area contributed by atoms with Crippen molar-refractivity contribution in [3.05, 3.63) is 35.9 Å². The van der Waals surface area contributed by atoms with Crippen molar-refractivity contribution in [2.75, 3.05) is 13.7 Å². The van der Waals surface area contributed by atoms with E-state index in [0.29, 0.717) is 13.0 Å². The minimum atomic E-state index is -0.149. The standard InChI is InChI=1S/C15H20O3/c1-4-18-15(16)11-12(2)5-6-13-7-9-14(17-3)10-8-13/h5-10,12H,4,11H2,1-3H3/b6-5+. The molecule has 0 bridgehead atoms. The first kappa shape index (κ1) is 14.3. The van der Waals surface area contributed by atoms with Crippen LogP contribution >= 0.6 is 0 Å². The molecule has 1 atom stereocenters. The van der Waals surface area contributed by atoms with Crippen molar-refractivity contribution in [1.29, 1.82) is 0 Å². The molecular weight excluding hydrogens is 228 g/mol. The number of esters is 1. The third-order valence-electron chi connectivity index (χ3n) is 2.53. The Labute approximate surface area is 108 Å². The Morgan fingerprint density at radius 3 is 2.56 bits per heavy atom. The molecule has 0 aliphatic heterocycles. The molecular formula is C15H20O3. The third kappa shape index (κ3) is 5.04. The van der Waals surface area contributed by atoms with Crippen LogP contribution in [0.15, 0.2) is 30.3 Å². The fourth-order valence-electron chi connectivity index (χ4n) is 1.54. The molecule has 0 saturated heterocycles. The van der Waals surface area contributed by atoms with E-state index in [4.69, 9.17) is 9.47 Å². The smallest absolute Gasteiger partial charge is 0.306 e. The summed E-state index contributed by atoms with van der Waals surface area (Å²) in [5, 5.41) is 0. The van der Waals surface area contributed by atoms with Gasteiger partial charge in [0.05, 0.1) is 20.1 Å². The molecule has 3 heteroatoms. The Balaban J connectivity index is 2.49. The second kappa shape index (κ2) is 7.54. The summed E-state index contributed by atoms with van der Waals surface area (Å²) in [6.45, 7) is 4.25. The molecule has 98 valence electrons. The molecule has 0 spiro atoms. The second-order valence-electron chi connectivity index (χ2n) is 4.12. The summed E-state index contributed by atoms with van der Waals surface area (Å²) < 4.78 is 9.99. The third-order valence-corrected chi connectivity index (χ3v) is 2.53. The predicted octanol–water partition coefficient (Wildman–Crippen LogP) is 3.30. The molecule has 3 nitrogen and oxygen atoms in total. The fraction of sp³-hybridized carbons (Fsp3) is 0.400. The molecule has 0 radical (unpaired) electrons. The van der Waals surface area contributed by atoms with Gasteiger partial charge in [-0.05, 0) is 30.5 Å². The van der Waals surface area contributed by atoms with Gasteiger partial charge in [0, 0.05) is 0 Å². The molecule has 0 fully saturated rings. The Kier molecular flexibility index (Phi) is 5.98. The monoisotopic (exact) mass is 248 g/mol. The highest BCUT2D eigenvalue weighted by atomic mass is 16.5. The van der Waals surface area contributed by atoms with Crippen LogP contribution in [0.4, 0.5) is 0 Å². The maximum absolute atomic E-state index is 11.3. The summed E-state index contributed by atoms with van der Waals surface area (Å²) in [7, 11) is 1.65. The summed E-state index contributed by atoms with van der Waals surface area (Å²) in [6, 6.07) is 7.78. The Morgan fingerprint density at radius 1 is 1.33 bits per heavy atom. The molecule has 0 N–H and O–H groups in total. The highest BCUT2D eigenvalue weighted by Gasteiger charge is 2.06. The molecule has 18 heavy (non-hydrogen) atoms. The van der Waals surface area contributed by atoms with Crippen molar-refractivity contribution >= 4 is 12.0 Å². The van der Waals surface area contributed by atoms with Crippen molar-refractivity contribution in [3.63, 3.8) is 0 Å². The zero-order chi connectivity index (χ0) is 13.4. The largest absolute Gasteiger partial charge is 0.497 e. The fourth-order valence-corrected chi connectivity index (χ4v) is 1.54. The summed E-state index contributed by atoms with van der Waals surface area (Å²) in [6.07, 6.45) is 4.43. The lowest BCUT2D eigenvalue weighted by molar-refractivity contribution is -0.143. The number of carbonyl (C=O) groups is 1. The van der Waals surface area contributed by atoms with E-state index < -0.39 is 0 Å². The minimum absolute atomic E-state index is 0.149. The molecule has 1 aromatic rings. The average Bonchev–Trinajstić information content (AvgIpc) is 2.37. The number of methoxy groups -OCH3 is 1. The van der Waals surface area contributed by atoms with E-state index in [1.165, 1.54) is 0 Å². The van der Waals surface area contributed by atoms with Gasteiger partial charge in [-0.3, -0.25) is 4.79 Å². The van der Waals surface area contributed by atoms with Gasteiger partial charge in [0.2, 0.25) is 0 Å². The zero-order valence-electron chi connectivity index (χ0n) is 11.2. The average molecular weight is 248 g/mol. The van der Waals surface area contributed by atoms with Crippen LogP contribution in [0.2, 0.25) is 0 Å². The van der Waals surface area contributed by atoms with E-state index in [9.17, 15) is 4.79 Å². The van der Waals surface area contributed by atoms with Crippen molar-refractivity contribution in [1.82, 2.24) is 0 Å². The summed E-state index contributed by atoms with van der Waals surface area (Å²) in [5.41, 5.74) is 1.09. The van der Waals surface area contributed by atoms with Crippen LogP contribution in [0.3, 0.4) is 0 Å². The molecule has 0 aliphatic carbocycles. The minimum Gasteiger partial charge on any atom is -0.497 e. The lowest BCUT2D eigenvalue weighted by Crippen LogP contribution is -2.07. The van der Waals surface area contributed by atoms with Gasteiger partial charge in [0.1, 0.15) is 5.75 Å². The number of ether oxygens (including phenoxy) is 2. The van der Waals surface area contributed by atoms with Crippen molar-refractivity contribution < 1.29 is 14.3 Å². The molecule has 0 aromatic heterocycles. The summed E-state index contributed by atoms with van der Waals surface area (Å²) >= 11 is 0. The van der Waals surface area contributed by atoms with E-state index in [1.807, 2.05) is 50.3 Å². The molecule has 0 amide bonds. The Bertz CT molecular complexity index is 393. The van der Waals surface area contributed by atoms with E-state index >= 15 is 0 Å². The van der Waals surface area contributed by atoms with E-state index in [2.05, 4.69) is 0 Å². The number of benzene rings is 1. The Morgan fingerprint density at radius 2 is 2.00 bits per heavy atom. The SMILES string of the molecule is CCOC(=O)CC(C)/C=C/c1ccc(OC)cc1. The van der Waals surface area contributed by atoms with Gasteiger partial charge in [-0.25, -0.2) is 0 Å². The van der Waals surface area contributed by atoms with E-state index in [1.54, 1.807) is 7.11 Å². The van der Waals surface area contributed by atoms with Crippen LogP contribution in [-0.2, 0) is 9.53 Å². The Hall–Kier alpha value is -1.77. The van der Waals surface area contributed by atoms with Crippen LogP contribution in [0.5, 0.6) is 5.75 Å². The summed E-state index contributed by atoms with van der Waals surface area (Å²) in [5.74, 6) is 0.863. The van der Waals surface area contributed by atoms with Crippen LogP contribution in [0.1, 0.15) is 25.8 Å². The van der Waals surface area contributed by atoms with Gasteiger partial charge in [-0.15, -0.1) is 0 Å². The number of allylic oxidation sites excluding steroid dienone is 1. The van der Waals surface area contributed by atoms with Crippen molar-refractivity contribution in [2.24, 2.45) is 5.92 Å². The molecule has 0 saturated carbocycles. The van der Waals surface area contributed by atoms with Gasteiger partial charge < -0.3 is 9.47 Å². The first-order chi connectivity index (χ1) is 8.65. The van der Waals surface area contributed by atoms with Crippen molar-refractivity contribution in [2.45, 2.75) is 20.3 Å². The highest BCUT2D eigenvalue weighted by Crippen LogP contribution is 2.14. The van der Waals surface area contributed by atoms with E-state index in [0.717, 1.165) is 11.3 Å². The first-order valence-electron chi connectivity index (χ1n) is 6.13. The number of rotatable bonds is 6. The lowest BCUT2D eigenvalue weighted by atomic mass is 10.1. The number of hydrogen-bond donors (Lipinski definition) is 0. The normalized spacial score (nSPS) is 12.4. The summed E-state index contributed by atoms with van der Waals surface area (Å²) in [4.78, 5) is 11.3.